The van der Waals surface area contributed by atoms with Gasteiger partial charge in [-0.25, -0.2) is 9.97 Å². The van der Waals surface area contributed by atoms with E-state index < -0.39 is 0 Å². The Kier molecular flexibility index (Phi) is 3.90. The molecular formula is C14H14IN3O2. The largest absolute Gasteiger partial charge is 0.485 e. The molecular weight excluding hydrogens is 369 g/mol. The summed E-state index contributed by atoms with van der Waals surface area (Å²) in [5.41, 5.74) is 0. The molecule has 0 radical (unpaired) electrons. The Balaban J connectivity index is 1.86. The molecule has 0 aliphatic carbocycles. The molecule has 1 unspecified atom stereocenters. The number of nitrogens with one attached hydrogen (secondary N) is 1. The molecule has 0 bridgehead atoms. The fourth-order valence-corrected chi connectivity index (χ4v) is 2.42. The third kappa shape index (κ3) is 2.65. The summed E-state index contributed by atoms with van der Waals surface area (Å²) in [6.07, 6.45) is 1.52. The summed E-state index contributed by atoms with van der Waals surface area (Å²) < 4.78 is 12.6. The van der Waals surface area contributed by atoms with Crippen LogP contribution in [0.4, 0.5) is 5.82 Å². The van der Waals surface area contributed by atoms with E-state index in [9.17, 15) is 0 Å². The Bertz CT molecular complexity index is 621. The van der Waals surface area contributed by atoms with Gasteiger partial charge in [-0.05, 0) is 41.6 Å². The van der Waals surface area contributed by atoms with Crippen LogP contribution in [0.1, 0.15) is 18.9 Å². The summed E-state index contributed by atoms with van der Waals surface area (Å²) in [6, 6.07) is 7.63. The van der Waals surface area contributed by atoms with Crippen molar-refractivity contribution in [3.8, 4) is 11.5 Å². The monoisotopic (exact) mass is 383 g/mol. The maximum absolute atomic E-state index is 5.91. The molecule has 1 N–H and O–H groups in total. The van der Waals surface area contributed by atoms with E-state index in [-0.39, 0.29) is 6.10 Å². The number of hydrogen-bond acceptors (Lipinski definition) is 5. The van der Waals surface area contributed by atoms with E-state index in [2.05, 4.69) is 37.9 Å². The number of fused-ring (bicyclic) bond motifs is 1. The van der Waals surface area contributed by atoms with E-state index in [1.54, 1.807) is 6.20 Å². The minimum Gasteiger partial charge on any atom is -0.485 e. The number of aromatic nitrogens is 2. The van der Waals surface area contributed by atoms with E-state index in [1.807, 2.05) is 31.2 Å². The molecule has 20 heavy (non-hydrogen) atoms. The molecule has 0 spiro atoms. The number of hydrogen-bond donors (Lipinski definition) is 1. The van der Waals surface area contributed by atoms with Crippen LogP contribution in [-0.2, 0) is 0 Å². The third-order valence-corrected chi connectivity index (χ3v) is 3.69. The first-order valence-electron chi connectivity index (χ1n) is 6.42. The minimum absolute atomic E-state index is 0.278. The van der Waals surface area contributed by atoms with Gasteiger partial charge >= 0.3 is 0 Å². The normalized spacial score (nSPS) is 16.8. The van der Waals surface area contributed by atoms with Gasteiger partial charge < -0.3 is 14.8 Å². The lowest BCUT2D eigenvalue weighted by molar-refractivity contribution is 0.0851. The Hall–Kier alpha value is -1.57. The van der Waals surface area contributed by atoms with Gasteiger partial charge in [0.15, 0.2) is 23.4 Å². The molecule has 0 amide bonds. The van der Waals surface area contributed by atoms with Crippen LogP contribution in [0.15, 0.2) is 30.5 Å². The second kappa shape index (κ2) is 5.82. The average Bonchev–Trinajstić information content (AvgIpc) is 2.49. The standard InChI is InChI=1S/C14H14IN3O2/c1-2-16-13-9(15)7-17-14(18-13)12-8-19-10-5-3-4-6-11(10)20-12/h3-7,12H,2,8H2,1H3,(H,16,17,18). The molecule has 1 aromatic carbocycles. The highest BCUT2D eigenvalue weighted by atomic mass is 127. The summed E-state index contributed by atoms with van der Waals surface area (Å²) in [7, 11) is 0. The molecule has 1 atom stereocenters. The zero-order valence-electron chi connectivity index (χ0n) is 11.0. The highest BCUT2D eigenvalue weighted by Crippen LogP contribution is 2.35. The molecule has 6 heteroatoms. The topological polar surface area (TPSA) is 56.3 Å². The van der Waals surface area contributed by atoms with Crippen molar-refractivity contribution in [3.63, 3.8) is 0 Å². The summed E-state index contributed by atoms with van der Waals surface area (Å²) in [5.74, 6) is 2.97. The molecule has 104 valence electrons. The quantitative estimate of drug-likeness (QED) is 0.826. The Labute approximate surface area is 130 Å². The summed E-state index contributed by atoms with van der Waals surface area (Å²) in [4.78, 5) is 8.88. The van der Waals surface area contributed by atoms with Crippen molar-refractivity contribution < 1.29 is 9.47 Å². The van der Waals surface area contributed by atoms with Crippen LogP contribution < -0.4 is 14.8 Å². The number of halogens is 1. The fraction of sp³-hybridized carbons (Fsp3) is 0.286. The van der Waals surface area contributed by atoms with E-state index in [0.717, 1.165) is 27.4 Å². The van der Waals surface area contributed by atoms with E-state index >= 15 is 0 Å². The number of rotatable bonds is 3. The van der Waals surface area contributed by atoms with Gasteiger partial charge in [-0.3, -0.25) is 0 Å². The predicted octanol–water partition coefficient (Wildman–Crippen LogP) is 3.03. The Morgan fingerprint density at radius 1 is 1.35 bits per heavy atom. The number of benzene rings is 1. The first-order valence-corrected chi connectivity index (χ1v) is 7.50. The molecule has 2 heterocycles. The summed E-state index contributed by atoms with van der Waals surface area (Å²) >= 11 is 2.21. The van der Waals surface area contributed by atoms with Gasteiger partial charge in [0.05, 0.1) is 3.57 Å². The van der Waals surface area contributed by atoms with E-state index in [4.69, 9.17) is 9.47 Å². The van der Waals surface area contributed by atoms with Crippen molar-refractivity contribution in [2.24, 2.45) is 0 Å². The number of para-hydroxylation sites is 2. The van der Waals surface area contributed by atoms with Crippen molar-refractivity contribution in [2.75, 3.05) is 18.5 Å². The number of anilines is 1. The minimum atomic E-state index is -0.278. The molecule has 1 aliphatic rings. The highest BCUT2D eigenvalue weighted by Gasteiger charge is 2.25. The van der Waals surface area contributed by atoms with Crippen LogP contribution in [0.3, 0.4) is 0 Å². The van der Waals surface area contributed by atoms with Gasteiger partial charge in [0.1, 0.15) is 12.4 Å². The lowest BCUT2D eigenvalue weighted by atomic mass is 10.2. The molecule has 0 fully saturated rings. The van der Waals surface area contributed by atoms with Crippen LogP contribution in [0.5, 0.6) is 11.5 Å². The van der Waals surface area contributed by atoms with Crippen LogP contribution in [-0.4, -0.2) is 23.1 Å². The maximum Gasteiger partial charge on any atom is 0.192 e. The van der Waals surface area contributed by atoms with Crippen LogP contribution >= 0.6 is 22.6 Å². The molecule has 2 aromatic rings. The summed E-state index contributed by atoms with van der Waals surface area (Å²) in [6.45, 7) is 3.27. The highest BCUT2D eigenvalue weighted by molar-refractivity contribution is 14.1. The molecule has 5 nitrogen and oxygen atoms in total. The second-order valence-electron chi connectivity index (χ2n) is 4.32. The average molecular weight is 383 g/mol. The number of ether oxygens (including phenoxy) is 2. The van der Waals surface area contributed by atoms with E-state index in [0.29, 0.717) is 12.4 Å². The molecule has 1 aliphatic heterocycles. The van der Waals surface area contributed by atoms with Crippen molar-refractivity contribution in [1.82, 2.24) is 9.97 Å². The predicted molar refractivity (Wildman–Crippen MR) is 84.2 cm³/mol. The van der Waals surface area contributed by atoms with Gasteiger partial charge in [-0.1, -0.05) is 12.1 Å². The lowest BCUT2D eigenvalue weighted by Crippen LogP contribution is -2.24. The van der Waals surface area contributed by atoms with Gasteiger partial charge in [0.25, 0.3) is 0 Å². The smallest absolute Gasteiger partial charge is 0.192 e. The van der Waals surface area contributed by atoms with Crippen LogP contribution in [0.25, 0.3) is 0 Å². The first-order chi connectivity index (χ1) is 9.78. The van der Waals surface area contributed by atoms with Gasteiger partial charge in [-0.15, -0.1) is 0 Å². The molecule has 0 saturated heterocycles. The summed E-state index contributed by atoms with van der Waals surface area (Å²) in [5, 5.41) is 3.22. The Morgan fingerprint density at radius 2 is 2.15 bits per heavy atom. The van der Waals surface area contributed by atoms with E-state index in [1.165, 1.54) is 0 Å². The van der Waals surface area contributed by atoms with Crippen LogP contribution in [0, 0.1) is 3.57 Å². The SMILES string of the molecule is CCNc1nc(C2COc3ccccc3O2)ncc1I. The zero-order chi connectivity index (χ0) is 13.9. The Morgan fingerprint density at radius 3 is 2.95 bits per heavy atom. The van der Waals surface area contributed by atoms with Crippen molar-refractivity contribution >= 4 is 28.4 Å². The molecule has 0 saturated carbocycles. The number of nitrogens with zero attached hydrogens (tertiary/aromatic N) is 2. The van der Waals surface area contributed by atoms with Crippen LogP contribution in [0.2, 0.25) is 0 Å². The van der Waals surface area contributed by atoms with Crippen molar-refractivity contribution in [1.29, 1.82) is 0 Å². The second-order valence-corrected chi connectivity index (χ2v) is 5.48. The lowest BCUT2D eigenvalue weighted by Gasteiger charge is -2.25. The van der Waals surface area contributed by atoms with Gasteiger partial charge in [-0.2, -0.15) is 0 Å². The molecule has 1 aromatic heterocycles. The zero-order valence-corrected chi connectivity index (χ0v) is 13.1. The fourth-order valence-electron chi connectivity index (χ4n) is 1.97. The maximum atomic E-state index is 5.91. The molecule has 3 rings (SSSR count). The van der Waals surface area contributed by atoms with Gasteiger partial charge in [0, 0.05) is 12.7 Å². The van der Waals surface area contributed by atoms with Crippen molar-refractivity contribution in [2.45, 2.75) is 13.0 Å². The third-order valence-electron chi connectivity index (χ3n) is 2.90. The van der Waals surface area contributed by atoms with Crippen molar-refractivity contribution in [3.05, 3.63) is 39.9 Å². The first kappa shape index (κ1) is 13.4. The van der Waals surface area contributed by atoms with Gasteiger partial charge in [0.2, 0.25) is 0 Å².